The standard InChI is InChI=1S/C25H21F3N4O/c1-31(2)15-22-16-32-14-13-21(11-12-23(32)29-22)30-24(33)19-5-3-17(4-6-19)18-7-9-20(10-8-18)25(26,27)28/h3-12,16,21H,15H2,1-2H3,(H,30,33). The van der Waals surface area contributed by atoms with Gasteiger partial charge in [-0.05, 0) is 61.6 Å². The van der Waals surface area contributed by atoms with Gasteiger partial charge in [0.2, 0.25) is 0 Å². The molecule has 1 aliphatic heterocycles. The van der Waals surface area contributed by atoms with Gasteiger partial charge in [-0.2, -0.15) is 13.2 Å². The maximum Gasteiger partial charge on any atom is 0.416 e. The first kappa shape index (κ1) is 22.4. The Bertz CT molecular complexity index is 1240. The molecule has 1 aliphatic rings. The van der Waals surface area contributed by atoms with E-state index >= 15 is 0 Å². The fourth-order valence-corrected chi connectivity index (χ4v) is 3.40. The first-order chi connectivity index (χ1) is 15.7. The van der Waals surface area contributed by atoms with Crippen LogP contribution in [0, 0.1) is 12.0 Å². The summed E-state index contributed by atoms with van der Waals surface area (Å²) in [5.41, 5.74) is 1.99. The molecule has 1 aromatic heterocycles. The lowest BCUT2D eigenvalue weighted by Crippen LogP contribution is -2.32. The Hall–Kier alpha value is -3.83. The largest absolute Gasteiger partial charge is 0.416 e. The molecule has 4 rings (SSSR count). The monoisotopic (exact) mass is 450 g/mol. The van der Waals surface area contributed by atoms with Gasteiger partial charge in [0, 0.05) is 24.3 Å². The van der Waals surface area contributed by atoms with Crippen molar-refractivity contribution in [1.29, 1.82) is 0 Å². The van der Waals surface area contributed by atoms with Crippen LogP contribution >= 0.6 is 0 Å². The van der Waals surface area contributed by atoms with Gasteiger partial charge in [0.1, 0.15) is 11.9 Å². The van der Waals surface area contributed by atoms with E-state index in [4.69, 9.17) is 0 Å². The van der Waals surface area contributed by atoms with E-state index in [-0.39, 0.29) is 5.91 Å². The topological polar surface area (TPSA) is 50.2 Å². The number of nitrogens with zero attached hydrogens (tertiary/aromatic N) is 3. The summed E-state index contributed by atoms with van der Waals surface area (Å²) >= 11 is 0. The highest BCUT2D eigenvalue weighted by molar-refractivity contribution is 5.95. The molecule has 0 bridgehead atoms. The number of aromatic nitrogens is 2. The van der Waals surface area contributed by atoms with Gasteiger partial charge in [-0.25, -0.2) is 4.98 Å². The van der Waals surface area contributed by atoms with Gasteiger partial charge in [0.25, 0.3) is 5.91 Å². The highest BCUT2D eigenvalue weighted by Crippen LogP contribution is 2.31. The van der Waals surface area contributed by atoms with Crippen LogP contribution in [0.3, 0.4) is 0 Å². The number of halogens is 3. The Morgan fingerprint density at radius 3 is 2.33 bits per heavy atom. The molecule has 0 saturated carbocycles. The lowest BCUT2D eigenvalue weighted by atomic mass is 10.0. The van der Waals surface area contributed by atoms with Gasteiger partial charge in [0.15, 0.2) is 0 Å². The Morgan fingerprint density at radius 1 is 1.09 bits per heavy atom. The summed E-state index contributed by atoms with van der Waals surface area (Å²) in [6.45, 7) is 0.707. The first-order valence-electron chi connectivity index (χ1n) is 10.2. The lowest BCUT2D eigenvalue weighted by Gasteiger charge is -2.10. The van der Waals surface area contributed by atoms with Crippen LogP contribution in [0.5, 0.6) is 0 Å². The molecule has 0 saturated heterocycles. The molecule has 1 atom stereocenters. The van der Waals surface area contributed by atoms with Crippen LogP contribution in [0.15, 0.2) is 60.8 Å². The number of rotatable bonds is 5. The van der Waals surface area contributed by atoms with Crippen molar-refractivity contribution < 1.29 is 18.0 Å². The zero-order valence-electron chi connectivity index (χ0n) is 18.0. The van der Waals surface area contributed by atoms with Crippen molar-refractivity contribution in [2.45, 2.75) is 18.8 Å². The number of hydrogen-bond donors (Lipinski definition) is 1. The highest BCUT2D eigenvalue weighted by Gasteiger charge is 2.30. The van der Waals surface area contributed by atoms with Crippen molar-refractivity contribution in [3.63, 3.8) is 0 Å². The molecule has 0 spiro atoms. The quantitative estimate of drug-likeness (QED) is 0.591. The van der Waals surface area contributed by atoms with Crippen LogP contribution in [0.4, 0.5) is 13.2 Å². The molecule has 0 aliphatic carbocycles. The molecule has 3 aromatic rings. The summed E-state index contributed by atoms with van der Waals surface area (Å²) in [5.74, 6) is 3.41. The molecular weight excluding hydrogens is 429 g/mol. The predicted molar refractivity (Wildman–Crippen MR) is 120 cm³/mol. The fraction of sp³-hybridized carbons (Fsp3) is 0.200. The van der Waals surface area contributed by atoms with Gasteiger partial charge in [-0.3, -0.25) is 9.36 Å². The average molecular weight is 450 g/mol. The smallest absolute Gasteiger partial charge is 0.335 e. The number of hydrogen-bond acceptors (Lipinski definition) is 3. The second-order valence-electron chi connectivity index (χ2n) is 7.92. The minimum absolute atomic E-state index is 0.300. The molecule has 1 amide bonds. The van der Waals surface area contributed by atoms with Crippen LogP contribution in [0.2, 0.25) is 0 Å². The fourth-order valence-electron chi connectivity index (χ4n) is 3.40. The molecule has 8 heteroatoms. The van der Waals surface area contributed by atoms with Gasteiger partial charge in [0.05, 0.1) is 11.3 Å². The third-order valence-electron chi connectivity index (χ3n) is 5.02. The molecular formula is C25H21F3N4O. The molecule has 1 N–H and O–H groups in total. The van der Waals surface area contributed by atoms with Gasteiger partial charge in [-0.1, -0.05) is 30.2 Å². The van der Waals surface area contributed by atoms with Crippen molar-refractivity contribution >= 4 is 12.0 Å². The van der Waals surface area contributed by atoms with E-state index in [2.05, 4.69) is 22.3 Å². The number of alkyl halides is 3. The van der Waals surface area contributed by atoms with E-state index in [0.717, 1.165) is 17.8 Å². The minimum atomic E-state index is -4.37. The Labute approximate surface area is 189 Å². The summed E-state index contributed by atoms with van der Waals surface area (Å²) in [7, 11) is 3.93. The molecule has 2 aromatic carbocycles. The molecule has 0 fully saturated rings. The lowest BCUT2D eigenvalue weighted by molar-refractivity contribution is -0.137. The van der Waals surface area contributed by atoms with Crippen molar-refractivity contribution in [3.8, 4) is 23.1 Å². The number of carbonyl (C=O) groups excluding carboxylic acids is 1. The number of amides is 1. The molecule has 1 unspecified atom stereocenters. The molecule has 33 heavy (non-hydrogen) atoms. The molecule has 168 valence electrons. The second kappa shape index (κ2) is 8.96. The van der Waals surface area contributed by atoms with Crippen LogP contribution in [0.25, 0.3) is 17.2 Å². The summed E-state index contributed by atoms with van der Waals surface area (Å²) in [6, 6.07) is 14.1. The SMILES string of the molecule is CN(C)Cc1cn2c(n1)C=CC(NC(=O)c1ccc(-c3ccc(C(F)(F)F)cc3)cc1)C#C2. The van der Waals surface area contributed by atoms with Gasteiger partial charge in [-0.15, -0.1) is 0 Å². The number of benzene rings is 2. The van der Waals surface area contributed by atoms with E-state index in [0.29, 0.717) is 29.1 Å². The summed E-state index contributed by atoms with van der Waals surface area (Å²) < 4.78 is 40.0. The summed E-state index contributed by atoms with van der Waals surface area (Å²) in [4.78, 5) is 19.2. The predicted octanol–water partition coefficient (Wildman–Crippen LogP) is 4.26. The third-order valence-corrected chi connectivity index (χ3v) is 5.02. The summed E-state index contributed by atoms with van der Waals surface area (Å²) in [5, 5.41) is 2.86. The van der Waals surface area contributed by atoms with E-state index < -0.39 is 17.8 Å². The zero-order valence-corrected chi connectivity index (χ0v) is 18.0. The molecule has 2 heterocycles. The van der Waals surface area contributed by atoms with E-state index in [1.807, 2.05) is 31.3 Å². The zero-order chi connectivity index (χ0) is 23.6. The second-order valence-corrected chi connectivity index (χ2v) is 7.92. The first-order valence-corrected chi connectivity index (χ1v) is 10.2. The number of nitrogens with one attached hydrogen (secondary N) is 1. The van der Waals surface area contributed by atoms with E-state index in [9.17, 15) is 18.0 Å². The number of imidazole rings is 1. The van der Waals surface area contributed by atoms with Crippen LogP contribution in [-0.4, -0.2) is 40.5 Å². The van der Waals surface area contributed by atoms with Crippen molar-refractivity contribution in [3.05, 3.63) is 83.4 Å². The number of carbonyl (C=O) groups is 1. The maximum absolute atomic E-state index is 12.7. The average Bonchev–Trinajstić information content (AvgIpc) is 3.06. The maximum atomic E-state index is 12.7. The Kier molecular flexibility index (Phi) is 6.07. The Morgan fingerprint density at radius 2 is 1.73 bits per heavy atom. The number of fused-ring (bicyclic) bond motifs is 1. The summed E-state index contributed by atoms with van der Waals surface area (Å²) in [6.07, 6.45) is 1.09. The molecule has 5 nitrogen and oxygen atoms in total. The van der Waals surface area contributed by atoms with Crippen molar-refractivity contribution in [2.24, 2.45) is 0 Å². The van der Waals surface area contributed by atoms with Crippen LogP contribution < -0.4 is 5.32 Å². The van der Waals surface area contributed by atoms with Gasteiger partial charge < -0.3 is 10.2 Å². The highest BCUT2D eigenvalue weighted by atomic mass is 19.4. The molecule has 0 radical (unpaired) electrons. The van der Waals surface area contributed by atoms with E-state index in [1.165, 1.54) is 12.1 Å². The van der Waals surface area contributed by atoms with Crippen molar-refractivity contribution in [2.75, 3.05) is 14.1 Å². The minimum Gasteiger partial charge on any atom is -0.335 e. The normalized spacial score (nSPS) is 14.9. The third kappa shape index (κ3) is 5.33. The van der Waals surface area contributed by atoms with Crippen LogP contribution in [-0.2, 0) is 12.7 Å². The Balaban J connectivity index is 1.42. The van der Waals surface area contributed by atoms with Crippen LogP contribution in [0.1, 0.15) is 27.4 Å². The van der Waals surface area contributed by atoms with Gasteiger partial charge >= 0.3 is 6.18 Å². The van der Waals surface area contributed by atoms with E-state index in [1.54, 1.807) is 34.9 Å². The van der Waals surface area contributed by atoms with Crippen molar-refractivity contribution in [1.82, 2.24) is 19.8 Å².